The molecule has 3 aromatic rings. The Morgan fingerprint density at radius 2 is 1.68 bits per heavy atom. The second-order valence-corrected chi connectivity index (χ2v) is 8.70. The number of ether oxygens (including phenoxy) is 2. The van der Waals surface area contributed by atoms with Gasteiger partial charge in [-0.25, -0.2) is 17.2 Å². The summed E-state index contributed by atoms with van der Waals surface area (Å²) >= 11 is 0. The number of hydrogen-bond acceptors (Lipinski definition) is 6. The van der Waals surface area contributed by atoms with Gasteiger partial charge in [-0.15, -0.1) is 0 Å². The predicted molar refractivity (Wildman–Crippen MR) is 114 cm³/mol. The largest absolute Gasteiger partial charge is 0.496 e. The standard InChI is InChI=1S/C21H22N2O7S/c1-29-17-9-6-10-18(30-2)19(17)20(24)22-15(21(25)26)11-13-12-23(31(3,27)28)16-8-5-4-7-14(13)16/h4-10,12,15H,11H2,1-3H3,(H,22,24)(H,25,26). The summed E-state index contributed by atoms with van der Waals surface area (Å²) in [6, 6.07) is 10.2. The van der Waals surface area contributed by atoms with Crippen molar-refractivity contribution >= 4 is 32.8 Å². The average Bonchev–Trinajstić information content (AvgIpc) is 3.11. The van der Waals surface area contributed by atoms with Crippen molar-refractivity contribution in [1.29, 1.82) is 0 Å². The number of hydrogen-bond donors (Lipinski definition) is 2. The van der Waals surface area contributed by atoms with Gasteiger partial charge in [0.25, 0.3) is 5.91 Å². The van der Waals surface area contributed by atoms with Crippen LogP contribution in [0, 0.1) is 0 Å². The van der Waals surface area contributed by atoms with Crippen LogP contribution in [0.4, 0.5) is 0 Å². The Morgan fingerprint density at radius 3 is 2.23 bits per heavy atom. The number of carbonyl (C=O) groups excluding carboxylic acids is 1. The molecule has 2 aromatic carbocycles. The number of rotatable bonds is 8. The molecular weight excluding hydrogens is 424 g/mol. The smallest absolute Gasteiger partial charge is 0.326 e. The Bertz CT molecular complexity index is 1230. The van der Waals surface area contributed by atoms with Crippen LogP contribution >= 0.6 is 0 Å². The second kappa shape index (κ2) is 8.68. The first-order valence-corrected chi connectivity index (χ1v) is 11.1. The van der Waals surface area contributed by atoms with Gasteiger partial charge in [-0.3, -0.25) is 4.79 Å². The van der Waals surface area contributed by atoms with Gasteiger partial charge in [0.1, 0.15) is 23.1 Å². The zero-order valence-corrected chi connectivity index (χ0v) is 18.0. The Kier molecular flexibility index (Phi) is 6.21. The van der Waals surface area contributed by atoms with E-state index in [1.807, 2.05) is 0 Å². The molecule has 0 spiro atoms. The summed E-state index contributed by atoms with van der Waals surface area (Å²) in [5.74, 6) is -1.49. The van der Waals surface area contributed by atoms with Crippen molar-refractivity contribution in [2.24, 2.45) is 0 Å². The first-order chi connectivity index (χ1) is 14.7. The van der Waals surface area contributed by atoms with Crippen LogP contribution < -0.4 is 14.8 Å². The number of amides is 1. The van der Waals surface area contributed by atoms with E-state index < -0.39 is 27.9 Å². The number of fused-ring (bicyclic) bond motifs is 1. The van der Waals surface area contributed by atoms with Crippen LogP contribution in [-0.2, 0) is 21.2 Å². The molecule has 0 bridgehead atoms. The maximum atomic E-state index is 12.9. The first-order valence-electron chi connectivity index (χ1n) is 9.21. The van der Waals surface area contributed by atoms with Gasteiger partial charge < -0.3 is 19.9 Å². The van der Waals surface area contributed by atoms with Gasteiger partial charge in [0.2, 0.25) is 10.0 Å². The van der Waals surface area contributed by atoms with Crippen LogP contribution in [0.25, 0.3) is 10.9 Å². The lowest BCUT2D eigenvalue weighted by molar-refractivity contribution is -0.139. The molecule has 1 atom stereocenters. The molecular formula is C21H22N2O7S. The zero-order valence-electron chi connectivity index (χ0n) is 17.2. The molecule has 1 heterocycles. The Hall–Kier alpha value is -3.53. The number of nitrogens with one attached hydrogen (secondary N) is 1. The highest BCUT2D eigenvalue weighted by atomic mass is 32.2. The van der Waals surface area contributed by atoms with Crippen molar-refractivity contribution in [3.8, 4) is 11.5 Å². The van der Waals surface area contributed by atoms with Crippen molar-refractivity contribution < 1.29 is 32.6 Å². The summed E-state index contributed by atoms with van der Waals surface area (Å²) in [5, 5.41) is 12.8. The Morgan fingerprint density at radius 1 is 1.06 bits per heavy atom. The first kappa shape index (κ1) is 22.2. The number of carboxylic acids is 1. The number of para-hydroxylation sites is 1. The third-order valence-corrected chi connectivity index (χ3v) is 5.82. The summed E-state index contributed by atoms with van der Waals surface area (Å²) in [5.41, 5.74) is 0.972. The van der Waals surface area contributed by atoms with E-state index in [1.165, 1.54) is 20.4 Å². The van der Waals surface area contributed by atoms with E-state index >= 15 is 0 Å². The highest BCUT2D eigenvalue weighted by molar-refractivity contribution is 7.89. The van der Waals surface area contributed by atoms with E-state index in [0.29, 0.717) is 16.5 Å². The van der Waals surface area contributed by atoms with Gasteiger partial charge in [0.15, 0.2) is 0 Å². The number of benzene rings is 2. The van der Waals surface area contributed by atoms with Gasteiger partial charge in [-0.2, -0.15) is 0 Å². The number of carbonyl (C=O) groups is 2. The number of aromatic nitrogens is 1. The SMILES string of the molecule is COc1cccc(OC)c1C(=O)NC(Cc1cn(S(C)(=O)=O)c2ccccc12)C(=O)O. The quantitative estimate of drug-likeness (QED) is 0.541. The molecule has 31 heavy (non-hydrogen) atoms. The number of aliphatic carboxylic acids is 1. The molecule has 2 N–H and O–H groups in total. The van der Waals surface area contributed by atoms with Crippen molar-refractivity contribution in [3.05, 3.63) is 59.8 Å². The van der Waals surface area contributed by atoms with Crippen molar-refractivity contribution in [2.45, 2.75) is 12.5 Å². The number of methoxy groups -OCH3 is 2. The molecule has 0 aliphatic rings. The zero-order chi connectivity index (χ0) is 22.8. The third kappa shape index (κ3) is 4.48. The fourth-order valence-electron chi connectivity index (χ4n) is 3.38. The second-order valence-electron chi connectivity index (χ2n) is 6.84. The molecule has 0 fully saturated rings. The normalized spacial score (nSPS) is 12.4. The van der Waals surface area contributed by atoms with E-state index in [0.717, 1.165) is 10.2 Å². The summed E-state index contributed by atoms with van der Waals surface area (Å²) in [6.45, 7) is 0. The topological polar surface area (TPSA) is 124 Å². The Balaban J connectivity index is 1.98. The molecule has 3 rings (SSSR count). The minimum absolute atomic E-state index is 0.0670. The molecule has 164 valence electrons. The molecule has 1 aromatic heterocycles. The van der Waals surface area contributed by atoms with Crippen molar-refractivity contribution in [3.63, 3.8) is 0 Å². The lowest BCUT2D eigenvalue weighted by Gasteiger charge is -2.17. The molecule has 0 aliphatic heterocycles. The van der Waals surface area contributed by atoms with Gasteiger partial charge >= 0.3 is 5.97 Å². The van der Waals surface area contributed by atoms with Gasteiger partial charge in [0.05, 0.1) is 26.0 Å². The van der Waals surface area contributed by atoms with Crippen LogP contribution in [0.5, 0.6) is 11.5 Å². The predicted octanol–water partition coefficient (Wildman–Crippen LogP) is 1.89. The number of nitrogens with zero attached hydrogens (tertiary/aromatic N) is 1. The highest BCUT2D eigenvalue weighted by Crippen LogP contribution is 2.29. The van der Waals surface area contributed by atoms with Crippen LogP contribution in [0.3, 0.4) is 0 Å². The monoisotopic (exact) mass is 446 g/mol. The molecule has 9 nitrogen and oxygen atoms in total. The molecule has 0 aliphatic carbocycles. The summed E-state index contributed by atoms with van der Waals surface area (Å²) in [4.78, 5) is 24.8. The van der Waals surface area contributed by atoms with Crippen LogP contribution in [-0.4, -0.2) is 55.9 Å². The van der Waals surface area contributed by atoms with Gasteiger partial charge in [-0.1, -0.05) is 24.3 Å². The van der Waals surface area contributed by atoms with Crippen molar-refractivity contribution in [1.82, 2.24) is 9.29 Å². The van der Waals surface area contributed by atoms with E-state index in [-0.39, 0.29) is 23.5 Å². The summed E-state index contributed by atoms with van der Waals surface area (Å²) in [7, 11) is -0.822. The van der Waals surface area contributed by atoms with E-state index in [2.05, 4.69) is 5.32 Å². The average molecular weight is 446 g/mol. The summed E-state index contributed by atoms with van der Waals surface area (Å²) < 4.78 is 35.8. The highest BCUT2D eigenvalue weighted by Gasteiger charge is 2.27. The van der Waals surface area contributed by atoms with E-state index in [1.54, 1.807) is 42.5 Å². The maximum absolute atomic E-state index is 12.9. The molecule has 1 unspecified atom stereocenters. The fourth-order valence-corrected chi connectivity index (χ4v) is 4.22. The number of carboxylic acid groups (broad SMARTS) is 1. The van der Waals surface area contributed by atoms with Crippen LogP contribution in [0.2, 0.25) is 0 Å². The van der Waals surface area contributed by atoms with E-state index in [9.17, 15) is 23.1 Å². The minimum atomic E-state index is -3.60. The van der Waals surface area contributed by atoms with Gasteiger partial charge in [-0.05, 0) is 23.8 Å². The Labute approximate surface area is 179 Å². The van der Waals surface area contributed by atoms with Gasteiger partial charge in [0, 0.05) is 18.0 Å². The van der Waals surface area contributed by atoms with Crippen molar-refractivity contribution in [2.75, 3.05) is 20.5 Å². The van der Waals surface area contributed by atoms with Crippen LogP contribution in [0.1, 0.15) is 15.9 Å². The molecule has 10 heteroatoms. The molecule has 0 radical (unpaired) electrons. The third-order valence-electron chi connectivity index (χ3n) is 4.80. The minimum Gasteiger partial charge on any atom is -0.496 e. The van der Waals surface area contributed by atoms with E-state index in [4.69, 9.17) is 9.47 Å². The summed E-state index contributed by atoms with van der Waals surface area (Å²) in [6.07, 6.45) is 2.32. The van der Waals surface area contributed by atoms with Crippen LogP contribution in [0.15, 0.2) is 48.7 Å². The fraction of sp³-hybridized carbons (Fsp3) is 0.238. The maximum Gasteiger partial charge on any atom is 0.326 e. The molecule has 0 saturated carbocycles. The molecule has 1 amide bonds. The lowest BCUT2D eigenvalue weighted by atomic mass is 10.0. The lowest BCUT2D eigenvalue weighted by Crippen LogP contribution is -2.42. The molecule has 0 saturated heterocycles.